The number of hydrogen-bond donors (Lipinski definition) is 8. The molecule has 0 aliphatic rings. The summed E-state index contributed by atoms with van der Waals surface area (Å²) in [6, 6.07) is 40.6. The minimum absolute atomic E-state index is 0.0496. The molecule has 8 N–H and O–H groups in total. The number of carbonyl (C=O) groups is 4. The van der Waals surface area contributed by atoms with Gasteiger partial charge in [0.25, 0.3) is 22.2 Å². The molecule has 5 aromatic carbocycles. The SMILES string of the molecule is CC(=O)Nc1[nH]n(-c2ccccc2)c(=O)c1C(c1ccc(C(c2c(NC(C)=O)[nH]n(-c3ccccc3)c2=O)c2c(NC(C)=O)[nH]n(-c3ccccc3)c2=O)cc1)c1c(NC(C)=O)[nH]n(-c2ccccc2)c1=O. The monoisotopic (exact) mass is 966 g/mol. The van der Waals surface area contributed by atoms with Gasteiger partial charge in [-0.15, -0.1) is 0 Å². The van der Waals surface area contributed by atoms with Crippen LogP contribution in [0, 0.1) is 0 Å². The van der Waals surface area contributed by atoms with Gasteiger partial charge in [-0.2, -0.15) is 0 Å². The molecule has 0 aliphatic heterocycles. The number of carbonyl (C=O) groups excluding carboxylic acids is 4. The van der Waals surface area contributed by atoms with Crippen LogP contribution in [0.2, 0.25) is 0 Å². The number of nitrogens with zero attached hydrogens (tertiary/aromatic N) is 4. The Morgan fingerprint density at radius 1 is 0.333 bits per heavy atom. The van der Waals surface area contributed by atoms with Crippen molar-refractivity contribution in [1.82, 2.24) is 39.1 Å². The Hall–Kier alpha value is -9.98. The lowest BCUT2D eigenvalue weighted by atomic mass is 9.83. The zero-order chi connectivity index (χ0) is 50.8. The molecule has 4 heterocycles. The van der Waals surface area contributed by atoms with Crippen molar-refractivity contribution in [2.45, 2.75) is 39.5 Å². The summed E-state index contributed by atoms with van der Waals surface area (Å²) in [5.74, 6) is -5.10. The quantitative estimate of drug-likeness (QED) is 0.0659. The Morgan fingerprint density at radius 3 is 0.708 bits per heavy atom. The second-order valence-corrected chi connectivity index (χ2v) is 16.8. The molecule has 0 fully saturated rings. The molecule has 0 aliphatic carbocycles. The van der Waals surface area contributed by atoms with Crippen molar-refractivity contribution in [2.75, 3.05) is 21.3 Å². The van der Waals surface area contributed by atoms with E-state index >= 15 is 19.2 Å². The topological polar surface area (TPSA) is 268 Å². The number of benzene rings is 5. The Bertz CT molecular complexity index is 3280. The highest BCUT2D eigenvalue weighted by molar-refractivity contribution is 5.91. The third-order valence-electron chi connectivity index (χ3n) is 11.7. The van der Waals surface area contributed by atoms with Crippen LogP contribution in [0.3, 0.4) is 0 Å². The summed E-state index contributed by atoms with van der Waals surface area (Å²) in [5.41, 5.74) is -0.797. The Balaban J connectivity index is 1.34. The van der Waals surface area contributed by atoms with E-state index in [0.717, 1.165) is 0 Å². The standard InChI is InChI=1S/C52H46N12O8/c1-29(65)53-45-41(49(69)61(57-45)35-17-9-5-10-18-35)39(42-46(54-30(2)66)58-62(50(42)70)36-19-11-6-12-20-36)33-25-27-34(28-26-33)40(43-47(55-31(3)67)59-63(51(43)71)37-21-13-7-14-22-37)44-48(56-32(4)68)60-64(52(44)72)38-23-15-8-16-24-38/h5-28,39-40,57-60H,1-4H3,(H,53,65)(H,54,66)(H,55,67)(H,56,68). The van der Waals surface area contributed by atoms with Gasteiger partial charge in [0.2, 0.25) is 23.6 Å². The van der Waals surface area contributed by atoms with E-state index in [-0.39, 0.29) is 56.7 Å². The Kier molecular flexibility index (Phi) is 12.8. The molecule has 4 aromatic heterocycles. The fraction of sp³-hybridized carbons (Fsp3) is 0.115. The lowest BCUT2D eigenvalue weighted by Crippen LogP contribution is -2.27. The molecule has 4 amide bonds. The molecule has 20 heteroatoms. The highest BCUT2D eigenvalue weighted by Gasteiger charge is 2.37. The van der Waals surface area contributed by atoms with Gasteiger partial charge in [0.05, 0.1) is 56.8 Å². The number of anilines is 4. The van der Waals surface area contributed by atoms with Crippen LogP contribution in [-0.4, -0.2) is 62.8 Å². The maximum atomic E-state index is 15.0. The van der Waals surface area contributed by atoms with Gasteiger partial charge in [0.15, 0.2) is 0 Å². The average molecular weight is 967 g/mol. The fourth-order valence-corrected chi connectivity index (χ4v) is 8.83. The van der Waals surface area contributed by atoms with Crippen LogP contribution in [0.4, 0.5) is 23.3 Å². The summed E-state index contributed by atoms with van der Waals surface area (Å²) in [6.07, 6.45) is 0. The number of amides is 4. The molecule has 0 atom stereocenters. The van der Waals surface area contributed by atoms with Crippen LogP contribution in [0.5, 0.6) is 0 Å². The minimum Gasteiger partial charge on any atom is -0.311 e. The van der Waals surface area contributed by atoms with Crippen molar-refractivity contribution < 1.29 is 19.2 Å². The van der Waals surface area contributed by atoms with Crippen molar-refractivity contribution in [2.24, 2.45) is 0 Å². The molecule has 0 saturated heterocycles. The second-order valence-electron chi connectivity index (χ2n) is 16.8. The van der Waals surface area contributed by atoms with Gasteiger partial charge in [-0.25, -0.2) is 18.7 Å². The summed E-state index contributed by atoms with van der Waals surface area (Å²) < 4.78 is 4.88. The van der Waals surface area contributed by atoms with Gasteiger partial charge < -0.3 is 21.3 Å². The van der Waals surface area contributed by atoms with Crippen molar-refractivity contribution in [3.63, 3.8) is 0 Å². The first-order valence-corrected chi connectivity index (χ1v) is 22.5. The third kappa shape index (κ3) is 9.05. The number of para-hydroxylation sites is 4. The maximum absolute atomic E-state index is 15.0. The van der Waals surface area contributed by atoms with Gasteiger partial charge in [-0.3, -0.25) is 58.8 Å². The van der Waals surface area contributed by atoms with E-state index in [4.69, 9.17) is 0 Å². The molecule has 20 nitrogen and oxygen atoms in total. The average Bonchev–Trinajstić information content (AvgIpc) is 4.07. The third-order valence-corrected chi connectivity index (χ3v) is 11.7. The summed E-state index contributed by atoms with van der Waals surface area (Å²) in [6.45, 7) is 5.04. The van der Waals surface area contributed by atoms with Crippen molar-refractivity contribution in [3.8, 4) is 22.7 Å². The molecular formula is C52H46N12O8. The summed E-state index contributed by atoms with van der Waals surface area (Å²) in [7, 11) is 0. The van der Waals surface area contributed by atoms with E-state index in [9.17, 15) is 19.2 Å². The second kappa shape index (κ2) is 19.6. The van der Waals surface area contributed by atoms with E-state index < -0.39 is 57.7 Å². The maximum Gasteiger partial charge on any atom is 0.277 e. The highest BCUT2D eigenvalue weighted by Crippen LogP contribution is 2.40. The van der Waals surface area contributed by atoms with Crippen LogP contribution >= 0.6 is 0 Å². The molecule has 0 bridgehead atoms. The van der Waals surface area contributed by atoms with Crippen LogP contribution < -0.4 is 43.5 Å². The minimum atomic E-state index is -1.36. The highest BCUT2D eigenvalue weighted by atomic mass is 16.2. The molecule has 9 aromatic rings. The van der Waals surface area contributed by atoms with Crippen LogP contribution in [0.25, 0.3) is 22.7 Å². The zero-order valence-electron chi connectivity index (χ0n) is 39.1. The largest absolute Gasteiger partial charge is 0.311 e. The molecule has 0 radical (unpaired) electrons. The van der Waals surface area contributed by atoms with E-state index in [1.807, 2.05) is 0 Å². The first-order valence-electron chi connectivity index (χ1n) is 22.5. The van der Waals surface area contributed by atoms with Gasteiger partial charge in [0, 0.05) is 27.7 Å². The lowest BCUT2D eigenvalue weighted by Gasteiger charge is -2.20. The summed E-state index contributed by atoms with van der Waals surface area (Å²) in [5, 5.41) is 23.0. The number of aromatic nitrogens is 8. The normalized spacial score (nSPS) is 11.2. The predicted molar refractivity (Wildman–Crippen MR) is 271 cm³/mol. The summed E-state index contributed by atoms with van der Waals surface area (Å²) in [4.78, 5) is 112. The predicted octanol–water partition coefficient (Wildman–Crippen LogP) is 5.80. The first kappa shape index (κ1) is 47.1. The lowest BCUT2D eigenvalue weighted by molar-refractivity contribution is -0.115. The van der Waals surface area contributed by atoms with Crippen LogP contribution in [-0.2, 0) is 19.2 Å². The Morgan fingerprint density at radius 2 is 0.528 bits per heavy atom. The van der Waals surface area contributed by atoms with Gasteiger partial charge in [0.1, 0.15) is 23.3 Å². The molecular weight excluding hydrogens is 921 g/mol. The Labute approximate surface area is 407 Å². The number of nitrogens with one attached hydrogen (secondary N) is 8. The molecule has 9 rings (SSSR count). The first-order chi connectivity index (χ1) is 34.7. The van der Waals surface area contributed by atoms with Crippen molar-refractivity contribution in [1.29, 1.82) is 0 Å². The van der Waals surface area contributed by atoms with E-state index in [0.29, 0.717) is 22.7 Å². The number of rotatable bonds is 14. The van der Waals surface area contributed by atoms with Gasteiger partial charge >= 0.3 is 0 Å². The number of hydrogen-bond acceptors (Lipinski definition) is 8. The van der Waals surface area contributed by atoms with Gasteiger partial charge in [-0.1, -0.05) is 97.1 Å². The molecule has 72 heavy (non-hydrogen) atoms. The van der Waals surface area contributed by atoms with Crippen LogP contribution in [0.15, 0.2) is 165 Å². The zero-order valence-corrected chi connectivity index (χ0v) is 39.1. The molecule has 0 unspecified atom stereocenters. The van der Waals surface area contributed by atoms with E-state index in [2.05, 4.69) is 41.7 Å². The number of H-pyrrole nitrogens is 4. The van der Waals surface area contributed by atoms with Crippen molar-refractivity contribution >= 4 is 46.9 Å². The summed E-state index contributed by atoms with van der Waals surface area (Å²) >= 11 is 0. The molecule has 362 valence electrons. The van der Waals surface area contributed by atoms with Crippen molar-refractivity contribution in [3.05, 3.63) is 220 Å². The smallest absolute Gasteiger partial charge is 0.277 e. The fourth-order valence-electron chi connectivity index (χ4n) is 8.83. The van der Waals surface area contributed by atoms with Gasteiger partial charge in [-0.05, 0) is 59.7 Å². The van der Waals surface area contributed by atoms with Crippen LogP contribution in [0.1, 0.15) is 72.9 Å². The number of aromatic amines is 4. The molecule has 0 saturated carbocycles. The van der Waals surface area contributed by atoms with E-state index in [1.165, 1.54) is 46.4 Å². The molecule has 0 spiro atoms. The van der Waals surface area contributed by atoms with E-state index in [1.54, 1.807) is 146 Å².